The molecule has 2 aliphatic heterocycles. The fourth-order valence-corrected chi connectivity index (χ4v) is 4.04. The summed E-state index contributed by atoms with van der Waals surface area (Å²) in [6.45, 7) is 0.124. The Kier molecular flexibility index (Phi) is 6.97. The van der Waals surface area contributed by atoms with E-state index in [0.717, 1.165) is 17.0 Å². The normalized spacial score (nSPS) is 25.6. The van der Waals surface area contributed by atoms with Crippen molar-refractivity contribution in [1.29, 1.82) is 0 Å². The summed E-state index contributed by atoms with van der Waals surface area (Å²) in [7, 11) is 2.74. The molecular formula is C21H27FN4O6. The lowest BCUT2D eigenvalue weighted by Crippen LogP contribution is -2.46. The van der Waals surface area contributed by atoms with Crippen molar-refractivity contribution in [2.45, 2.75) is 37.4 Å². The molecule has 174 valence electrons. The largest absolute Gasteiger partial charge is 0.491 e. The second-order valence-corrected chi connectivity index (χ2v) is 8.21. The van der Waals surface area contributed by atoms with Crippen LogP contribution in [0.5, 0.6) is 5.75 Å². The first-order valence-corrected chi connectivity index (χ1v) is 10.3. The molecule has 2 heterocycles. The lowest BCUT2D eigenvalue weighted by molar-refractivity contribution is -0.143. The molecule has 1 fully saturated rings. The topological polar surface area (TPSA) is 133 Å². The van der Waals surface area contributed by atoms with Crippen LogP contribution >= 0.6 is 0 Å². The molecule has 1 saturated heterocycles. The lowest BCUT2D eigenvalue weighted by Gasteiger charge is -2.27. The zero-order valence-corrected chi connectivity index (χ0v) is 18.0. The third kappa shape index (κ3) is 4.98. The number of hydrogen-bond donors (Lipinski definition) is 2. The van der Waals surface area contributed by atoms with Crippen molar-refractivity contribution in [3.8, 4) is 5.75 Å². The smallest absolute Gasteiger partial charge is 0.326 e. The van der Waals surface area contributed by atoms with Crippen molar-refractivity contribution >= 4 is 23.7 Å². The fourth-order valence-electron chi connectivity index (χ4n) is 4.04. The SMILES string of the molecule is CN1CC(=O)N2C[C@@H](N)C[C@H]2COc2ccc(F)cc2C(=O)N(C)[C@H](C(=O)O)CCC1=O. The predicted molar refractivity (Wildman–Crippen MR) is 110 cm³/mol. The van der Waals surface area contributed by atoms with Gasteiger partial charge in [0.05, 0.1) is 18.2 Å². The molecule has 3 amide bonds. The number of aliphatic carboxylic acids is 1. The van der Waals surface area contributed by atoms with Crippen LogP contribution in [0.4, 0.5) is 4.39 Å². The van der Waals surface area contributed by atoms with Crippen molar-refractivity contribution in [1.82, 2.24) is 14.7 Å². The van der Waals surface area contributed by atoms with E-state index in [2.05, 4.69) is 0 Å². The molecular weight excluding hydrogens is 423 g/mol. The summed E-state index contributed by atoms with van der Waals surface area (Å²) in [5.74, 6) is -3.40. The Morgan fingerprint density at radius 1 is 1.22 bits per heavy atom. The Hall–Kier alpha value is -3.21. The first kappa shape index (κ1) is 23.5. The van der Waals surface area contributed by atoms with Gasteiger partial charge in [-0.05, 0) is 31.0 Å². The second kappa shape index (κ2) is 9.51. The molecule has 3 N–H and O–H groups in total. The number of nitrogens with zero attached hydrogens (tertiary/aromatic N) is 3. The van der Waals surface area contributed by atoms with Crippen LogP contribution in [0, 0.1) is 5.82 Å². The Morgan fingerprint density at radius 2 is 1.94 bits per heavy atom. The van der Waals surface area contributed by atoms with Crippen LogP contribution in [0.3, 0.4) is 0 Å². The van der Waals surface area contributed by atoms with Crippen LogP contribution in [0.25, 0.3) is 0 Å². The van der Waals surface area contributed by atoms with E-state index >= 15 is 0 Å². The highest BCUT2D eigenvalue weighted by atomic mass is 19.1. The number of ether oxygens (including phenoxy) is 1. The number of halogens is 1. The molecule has 11 heteroatoms. The van der Waals surface area contributed by atoms with E-state index in [0.29, 0.717) is 13.0 Å². The zero-order chi connectivity index (χ0) is 23.6. The van der Waals surface area contributed by atoms with E-state index in [1.807, 2.05) is 0 Å². The average molecular weight is 450 g/mol. The number of likely N-dealkylation sites (N-methyl/N-ethyl adjacent to an activating group) is 2. The van der Waals surface area contributed by atoms with Gasteiger partial charge in [0.2, 0.25) is 11.8 Å². The van der Waals surface area contributed by atoms with E-state index in [-0.39, 0.29) is 55.3 Å². The summed E-state index contributed by atoms with van der Waals surface area (Å²) in [6, 6.07) is 1.44. The number of amides is 3. The van der Waals surface area contributed by atoms with Gasteiger partial charge in [-0.25, -0.2) is 9.18 Å². The van der Waals surface area contributed by atoms with Gasteiger partial charge in [-0.15, -0.1) is 0 Å². The number of carboxylic acid groups (broad SMARTS) is 1. The molecule has 0 aromatic heterocycles. The maximum Gasteiger partial charge on any atom is 0.326 e. The van der Waals surface area contributed by atoms with Gasteiger partial charge < -0.3 is 30.3 Å². The molecule has 0 radical (unpaired) electrons. The average Bonchev–Trinajstić information content (AvgIpc) is 3.11. The first-order valence-electron chi connectivity index (χ1n) is 10.3. The Bertz CT molecular complexity index is 926. The number of carbonyl (C=O) groups is 4. The molecule has 0 bridgehead atoms. The molecule has 0 unspecified atom stereocenters. The predicted octanol–water partition coefficient (Wildman–Crippen LogP) is -0.0899. The summed E-state index contributed by atoms with van der Waals surface area (Å²) < 4.78 is 19.7. The molecule has 1 aromatic carbocycles. The molecule has 32 heavy (non-hydrogen) atoms. The number of benzene rings is 1. The fraction of sp³-hybridized carbons (Fsp3) is 0.524. The van der Waals surface area contributed by atoms with Gasteiger partial charge in [0.25, 0.3) is 5.91 Å². The molecule has 0 saturated carbocycles. The molecule has 0 spiro atoms. The number of fused-ring (bicyclic) bond motifs is 2. The van der Waals surface area contributed by atoms with Gasteiger partial charge in [-0.3, -0.25) is 14.4 Å². The Labute approximate surface area is 184 Å². The third-order valence-electron chi connectivity index (χ3n) is 5.87. The summed E-state index contributed by atoms with van der Waals surface area (Å²) in [6.07, 6.45) is 0.111. The van der Waals surface area contributed by atoms with Crippen LogP contribution in [-0.4, -0.2) is 95.4 Å². The van der Waals surface area contributed by atoms with Crippen LogP contribution in [0.1, 0.15) is 29.6 Å². The van der Waals surface area contributed by atoms with Gasteiger partial charge in [0.1, 0.15) is 24.2 Å². The third-order valence-corrected chi connectivity index (χ3v) is 5.87. The Balaban J connectivity index is 1.98. The van der Waals surface area contributed by atoms with Crippen LogP contribution in [0.2, 0.25) is 0 Å². The quantitative estimate of drug-likeness (QED) is 0.611. The molecule has 0 aliphatic carbocycles. The maximum absolute atomic E-state index is 13.9. The molecule has 1 aromatic rings. The van der Waals surface area contributed by atoms with E-state index in [1.54, 1.807) is 4.90 Å². The van der Waals surface area contributed by atoms with Gasteiger partial charge in [0.15, 0.2) is 0 Å². The van der Waals surface area contributed by atoms with E-state index in [9.17, 15) is 28.7 Å². The van der Waals surface area contributed by atoms with E-state index in [4.69, 9.17) is 10.5 Å². The highest BCUT2D eigenvalue weighted by Crippen LogP contribution is 2.25. The Morgan fingerprint density at radius 3 is 2.62 bits per heavy atom. The number of carbonyl (C=O) groups excluding carboxylic acids is 3. The minimum absolute atomic E-state index is 0.00901. The lowest BCUT2D eigenvalue weighted by atomic mass is 10.1. The van der Waals surface area contributed by atoms with E-state index in [1.165, 1.54) is 25.1 Å². The monoisotopic (exact) mass is 450 g/mol. The minimum atomic E-state index is -1.32. The standard InChI is InChI=1S/C21H27FN4O6/c1-24-10-19(28)26-9-13(23)8-14(26)11-32-17-5-3-12(22)7-15(17)20(29)25(2)16(21(30)31)4-6-18(24)27/h3,5,7,13-14,16H,4,6,8-11,23H2,1-2H3,(H,30,31)/t13-,14-,16-/m0/s1. The summed E-state index contributed by atoms with van der Waals surface area (Å²) in [4.78, 5) is 53.9. The van der Waals surface area contributed by atoms with Crippen molar-refractivity contribution in [3.63, 3.8) is 0 Å². The summed E-state index contributed by atoms with van der Waals surface area (Å²) >= 11 is 0. The van der Waals surface area contributed by atoms with Gasteiger partial charge in [-0.2, -0.15) is 0 Å². The van der Waals surface area contributed by atoms with Crippen molar-refractivity contribution < 1.29 is 33.4 Å². The molecule has 3 rings (SSSR count). The van der Waals surface area contributed by atoms with Crippen LogP contribution < -0.4 is 10.5 Å². The number of carboxylic acids is 1. The van der Waals surface area contributed by atoms with Crippen molar-refractivity contribution in [2.24, 2.45) is 5.73 Å². The maximum atomic E-state index is 13.9. The van der Waals surface area contributed by atoms with Gasteiger partial charge in [0, 0.05) is 33.1 Å². The number of hydrogen-bond acceptors (Lipinski definition) is 6. The first-order chi connectivity index (χ1) is 15.1. The van der Waals surface area contributed by atoms with Gasteiger partial charge >= 0.3 is 5.97 Å². The highest BCUT2D eigenvalue weighted by Gasteiger charge is 2.36. The molecule has 10 nitrogen and oxygen atoms in total. The zero-order valence-electron chi connectivity index (χ0n) is 18.0. The summed E-state index contributed by atoms with van der Waals surface area (Å²) in [5, 5.41) is 9.61. The minimum Gasteiger partial charge on any atom is -0.491 e. The molecule has 3 atom stereocenters. The van der Waals surface area contributed by atoms with Crippen LogP contribution in [0.15, 0.2) is 18.2 Å². The van der Waals surface area contributed by atoms with Crippen molar-refractivity contribution in [3.05, 3.63) is 29.6 Å². The molecule has 2 aliphatic rings. The van der Waals surface area contributed by atoms with Gasteiger partial charge in [-0.1, -0.05) is 0 Å². The highest BCUT2D eigenvalue weighted by molar-refractivity contribution is 5.99. The second-order valence-electron chi connectivity index (χ2n) is 8.21. The van der Waals surface area contributed by atoms with Crippen LogP contribution in [-0.2, 0) is 14.4 Å². The van der Waals surface area contributed by atoms with E-state index < -0.39 is 29.6 Å². The van der Waals surface area contributed by atoms with Crippen molar-refractivity contribution in [2.75, 3.05) is 33.8 Å². The summed E-state index contributed by atoms with van der Waals surface area (Å²) in [5.41, 5.74) is 5.89. The number of nitrogens with two attached hydrogens (primary N) is 1. The number of rotatable bonds is 1.